The zero-order valence-corrected chi connectivity index (χ0v) is 17.9. The van der Waals surface area contributed by atoms with E-state index >= 15 is 0 Å². The lowest BCUT2D eigenvalue weighted by atomic mass is 10.2. The van der Waals surface area contributed by atoms with Gasteiger partial charge in [-0.3, -0.25) is 4.48 Å². The molecule has 0 radical (unpaired) electrons. The lowest BCUT2D eigenvalue weighted by Gasteiger charge is -2.22. The SMILES string of the molecule is COc1cc([N+](C)(C)C)ncc1C(=O)Oc1c(F)c(F)cc(F)c1F.O=S(=O)([O-])C(F)(F)F. The predicted molar refractivity (Wildman–Crippen MR) is 97.3 cm³/mol. The van der Waals surface area contributed by atoms with E-state index in [2.05, 4.69) is 9.72 Å². The van der Waals surface area contributed by atoms with Crippen molar-refractivity contribution in [3.8, 4) is 11.5 Å². The monoisotopic (exact) mass is 508 g/mol. The van der Waals surface area contributed by atoms with Crippen molar-refractivity contribution in [2.45, 2.75) is 5.51 Å². The molecule has 0 bridgehead atoms. The van der Waals surface area contributed by atoms with Gasteiger partial charge in [-0.05, 0) is 0 Å². The topological polar surface area (TPSA) is 106 Å². The molecule has 0 amide bonds. The maximum absolute atomic E-state index is 13.6. The van der Waals surface area contributed by atoms with Gasteiger partial charge in [0, 0.05) is 6.07 Å². The van der Waals surface area contributed by atoms with Gasteiger partial charge in [0.15, 0.2) is 21.8 Å². The number of esters is 1. The average molecular weight is 508 g/mol. The minimum Gasteiger partial charge on any atom is -0.741 e. The number of benzene rings is 1. The van der Waals surface area contributed by atoms with Crippen molar-refractivity contribution in [1.82, 2.24) is 9.47 Å². The number of rotatable bonds is 4. The van der Waals surface area contributed by atoms with Gasteiger partial charge in [-0.2, -0.15) is 22.0 Å². The number of aromatic nitrogens is 1. The Balaban J connectivity index is 0.000000582. The summed E-state index contributed by atoms with van der Waals surface area (Å²) in [6, 6.07) is 1.45. The quantitative estimate of drug-likeness (QED) is 0.119. The molecule has 0 fully saturated rings. The Morgan fingerprint density at radius 2 is 1.48 bits per heavy atom. The summed E-state index contributed by atoms with van der Waals surface area (Å²) >= 11 is 0. The summed E-state index contributed by atoms with van der Waals surface area (Å²) in [5.41, 5.74) is -5.91. The van der Waals surface area contributed by atoms with Crippen molar-refractivity contribution in [3.05, 3.63) is 47.2 Å². The van der Waals surface area contributed by atoms with Crippen LogP contribution in [0.2, 0.25) is 0 Å². The summed E-state index contributed by atoms with van der Waals surface area (Å²) in [6.45, 7) is 0. The Morgan fingerprint density at radius 1 is 1.03 bits per heavy atom. The number of carbonyl (C=O) groups is 1. The van der Waals surface area contributed by atoms with Crippen LogP contribution in [-0.2, 0) is 10.1 Å². The number of hydrogen-bond acceptors (Lipinski definition) is 7. The summed E-state index contributed by atoms with van der Waals surface area (Å²) in [6.07, 6.45) is 1.09. The van der Waals surface area contributed by atoms with Crippen LogP contribution in [0.5, 0.6) is 11.5 Å². The number of hydrogen-bond donors (Lipinski definition) is 0. The van der Waals surface area contributed by atoms with E-state index in [1.807, 2.05) is 21.1 Å². The number of ether oxygens (including phenoxy) is 2. The Hall–Kier alpha value is -2.98. The van der Waals surface area contributed by atoms with Gasteiger partial charge in [0.25, 0.3) is 0 Å². The van der Waals surface area contributed by atoms with Gasteiger partial charge in [-0.15, -0.1) is 0 Å². The van der Waals surface area contributed by atoms with Crippen LogP contribution < -0.4 is 14.0 Å². The van der Waals surface area contributed by atoms with Crippen molar-refractivity contribution in [2.24, 2.45) is 0 Å². The summed E-state index contributed by atoms with van der Waals surface area (Å²) in [5.74, 6) is -9.20. The second-order valence-electron chi connectivity index (χ2n) is 6.84. The van der Waals surface area contributed by atoms with E-state index in [-0.39, 0.29) is 17.4 Å². The Kier molecular flexibility index (Phi) is 8.40. The van der Waals surface area contributed by atoms with Crippen molar-refractivity contribution in [1.29, 1.82) is 0 Å². The standard InChI is InChI=1S/C16H15F4N2O3.CHF3O3S/c1-22(2,3)12-6-11(24-4)8(7-21-12)16(23)25-15-13(19)9(17)5-10(18)14(15)20;2-1(3,4)8(5,6)7/h5-7H,1-4H3;(H,5,6,7)/q+1;/p-1. The number of quaternary nitrogens is 1. The van der Waals surface area contributed by atoms with Gasteiger partial charge in [-0.1, -0.05) is 0 Å². The number of halogens is 7. The van der Waals surface area contributed by atoms with Crippen molar-refractivity contribution in [3.63, 3.8) is 0 Å². The molecule has 0 N–H and O–H groups in total. The Morgan fingerprint density at radius 3 is 1.85 bits per heavy atom. The van der Waals surface area contributed by atoms with Gasteiger partial charge in [-0.25, -0.2) is 27.0 Å². The van der Waals surface area contributed by atoms with Crippen LogP contribution in [-0.4, -0.2) is 57.7 Å². The Labute approximate surface area is 182 Å². The molecule has 0 unspecified atom stereocenters. The molecule has 2 rings (SSSR count). The normalized spacial score (nSPS) is 12.0. The van der Waals surface area contributed by atoms with Crippen LogP contribution in [0.4, 0.5) is 36.6 Å². The van der Waals surface area contributed by atoms with Crippen LogP contribution in [0.15, 0.2) is 18.3 Å². The minimum atomic E-state index is -6.09. The van der Waals surface area contributed by atoms with E-state index in [1.54, 1.807) is 0 Å². The number of pyridine rings is 1. The van der Waals surface area contributed by atoms with Gasteiger partial charge in [0.1, 0.15) is 11.3 Å². The first-order valence-corrected chi connectivity index (χ1v) is 9.65. The third kappa shape index (κ3) is 7.00. The zero-order valence-electron chi connectivity index (χ0n) is 17.1. The third-order valence-electron chi connectivity index (χ3n) is 3.53. The van der Waals surface area contributed by atoms with E-state index < -0.39 is 50.6 Å². The lowest BCUT2D eigenvalue weighted by Crippen LogP contribution is -2.35. The highest BCUT2D eigenvalue weighted by atomic mass is 32.2. The molecule has 184 valence electrons. The molecule has 2 aromatic rings. The smallest absolute Gasteiger partial charge is 0.485 e. The molecular weight excluding hydrogens is 493 g/mol. The van der Waals surface area contributed by atoms with Crippen molar-refractivity contribution in [2.75, 3.05) is 28.3 Å². The highest BCUT2D eigenvalue weighted by Gasteiger charge is 2.37. The van der Waals surface area contributed by atoms with Crippen LogP contribution in [0, 0.1) is 23.3 Å². The first-order valence-electron chi connectivity index (χ1n) is 8.24. The van der Waals surface area contributed by atoms with E-state index in [0.29, 0.717) is 10.3 Å². The highest BCUT2D eigenvalue weighted by molar-refractivity contribution is 7.86. The van der Waals surface area contributed by atoms with Gasteiger partial charge >= 0.3 is 11.5 Å². The van der Waals surface area contributed by atoms with Crippen LogP contribution in [0.25, 0.3) is 0 Å². The molecular formula is C17H15F7N2O6S. The molecule has 1 aromatic carbocycles. The second-order valence-corrected chi connectivity index (χ2v) is 8.21. The van der Waals surface area contributed by atoms with Crippen LogP contribution in [0.1, 0.15) is 10.4 Å². The Bertz CT molecular complexity index is 1120. The molecule has 0 atom stereocenters. The van der Waals surface area contributed by atoms with E-state index in [4.69, 9.17) is 17.7 Å². The first kappa shape index (κ1) is 28.1. The predicted octanol–water partition coefficient (Wildman–Crippen LogP) is 3.11. The van der Waals surface area contributed by atoms with Crippen LogP contribution >= 0.6 is 0 Å². The molecule has 0 aliphatic heterocycles. The van der Waals surface area contributed by atoms with Crippen LogP contribution in [0.3, 0.4) is 0 Å². The molecule has 1 heterocycles. The molecule has 8 nitrogen and oxygen atoms in total. The maximum Gasteiger partial charge on any atom is 0.485 e. The van der Waals surface area contributed by atoms with Gasteiger partial charge < -0.3 is 14.0 Å². The molecule has 16 heteroatoms. The minimum absolute atomic E-state index is 0.0141. The number of alkyl halides is 3. The molecule has 0 aliphatic carbocycles. The van der Waals surface area contributed by atoms with E-state index in [0.717, 1.165) is 6.20 Å². The van der Waals surface area contributed by atoms with Crippen molar-refractivity contribution < 1.29 is 58.0 Å². The highest BCUT2D eigenvalue weighted by Crippen LogP contribution is 2.30. The number of carbonyl (C=O) groups excluding carboxylic acids is 1. The first-order chi connectivity index (χ1) is 14.8. The molecule has 0 spiro atoms. The zero-order chi connectivity index (χ0) is 25.9. The largest absolute Gasteiger partial charge is 0.741 e. The molecule has 0 saturated heterocycles. The summed E-state index contributed by atoms with van der Waals surface area (Å²) in [5, 5.41) is 0. The summed E-state index contributed by atoms with van der Waals surface area (Å²) < 4.78 is 122. The molecule has 0 aliphatic rings. The fourth-order valence-corrected chi connectivity index (χ4v) is 1.90. The van der Waals surface area contributed by atoms with E-state index in [9.17, 15) is 35.5 Å². The maximum atomic E-state index is 13.6. The fraction of sp³-hybridized carbons (Fsp3) is 0.294. The molecule has 33 heavy (non-hydrogen) atoms. The molecule has 0 saturated carbocycles. The number of nitrogens with zero attached hydrogens (tertiary/aromatic N) is 2. The third-order valence-corrected chi connectivity index (χ3v) is 4.10. The van der Waals surface area contributed by atoms with Gasteiger partial charge in [0.05, 0.1) is 40.5 Å². The van der Waals surface area contributed by atoms with Gasteiger partial charge in [0.2, 0.25) is 23.2 Å². The summed E-state index contributed by atoms with van der Waals surface area (Å²) in [4.78, 5) is 16.2. The second kappa shape index (κ2) is 9.88. The fourth-order valence-electron chi connectivity index (χ4n) is 1.90. The van der Waals surface area contributed by atoms with Crippen molar-refractivity contribution >= 4 is 21.9 Å². The molecule has 1 aromatic heterocycles. The van der Waals surface area contributed by atoms with E-state index in [1.165, 1.54) is 13.2 Å². The average Bonchev–Trinajstić information content (AvgIpc) is 2.67. The number of methoxy groups -OCH3 is 1. The summed E-state index contributed by atoms with van der Waals surface area (Å²) in [7, 11) is 0.641. The lowest BCUT2D eigenvalue weighted by molar-refractivity contribution is -0.0517.